The summed E-state index contributed by atoms with van der Waals surface area (Å²) < 4.78 is 33.1. The molecule has 7 heteroatoms. The van der Waals surface area contributed by atoms with Gasteiger partial charge in [0.05, 0.1) is 4.90 Å². The van der Waals surface area contributed by atoms with E-state index in [1.807, 2.05) is 44.2 Å². The highest BCUT2D eigenvalue weighted by Gasteiger charge is 2.18. The number of carbonyl (C=O) groups is 1. The van der Waals surface area contributed by atoms with Crippen LogP contribution in [0.4, 0.5) is 0 Å². The zero-order chi connectivity index (χ0) is 19.9. The van der Waals surface area contributed by atoms with Crippen molar-refractivity contribution in [2.75, 3.05) is 6.61 Å². The zero-order valence-electron chi connectivity index (χ0n) is 15.8. The van der Waals surface area contributed by atoms with Crippen LogP contribution in [0.1, 0.15) is 38.8 Å². The normalized spacial score (nSPS) is 13.6. The minimum absolute atomic E-state index is 0.0892. The lowest BCUT2D eigenvalue weighted by Gasteiger charge is -2.15. The fraction of sp³-hybridized carbons (Fsp3) is 0.350. The van der Waals surface area contributed by atoms with E-state index < -0.39 is 10.0 Å². The SMILES string of the molecule is CC[C@H](C)NC(=O)COc1ccc(S(=O)(=O)N[C@H](C)c2ccccc2)cc1. The second kappa shape index (κ2) is 9.53. The second-order valence-electron chi connectivity index (χ2n) is 6.39. The predicted molar refractivity (Wildman–Crippen MR) is 105 cm³/mol. The Hall–Kier alpha value is -2.38. The summed E-state index contributed by atoms with van der Waals surface area (Å²) in [6.07, 6.45) is 0.840. The van der Waals surface area contributed by atoms with Crippen molar-refractivity contribution in [1.29, 1.82) is 0 Å². The standard InChI is InChI=1S/C20H26N2O4S/c1-4-15(2)21-20(23)14-26-18-10-12-19(13-11-18)27(24,25)22-16(3)17-8-6-5-7-9-17/h5-13,15-16,22H,4,14H2,1-3H3,(H,21,23)/t15-,16+/m0/s1. The molecule has 0 spiro atoms. The first kappa shape index (κ1) is 20.9. The van der Waals surface area contributed by atoms with Crippen LogP contribution in [0.2, 0.25) is 0 Å². The van der Waals surface area contributed by atoms with E-state index in [1.165, 1.54) is 24.3 Å². The first-order valence-corrected chi connectivity index (χ1v) is 10.4. The monoisotopic (exact) mass is 390 g/mol. The topological polar surface area (TPSA) is 84.5 Å². The fourth-order valence-electron chi connectivity index (χ4n) is 2.39. The summed E-state index contributed by atoms with van der Waals surface area (Å²) in [4.78, 5) is 11.9. The Morgan fingerprint density at radius 2 is 1.67 bits per heavy atom. The van der Waals surface area contributed by atoms with Crippen molar-refractivity contribution >= 4 is 15.9 Å². The van der Waals surface area contributed by atoms with Gasteiger partial charge in [0, 0.05) is 12.1 Å². The Morgan fingerprint density at radius 1 is 1.04 bits per heavy atom. The first-order chi connectivity index (χ1) is 12.8. The molecule has 2 aromatic carbocycles. The van der Waals surface area contributed by atoms with Crippen molar-refractivity contribution < 1.29 is 17.9 Å². The van der Waals surface area contributed by atoms with E-state index in [4.69, 9.17) is 4.74 Å². The lowest BCUT2D eigenvalue weighted by Crippen LogP contribution is -2.35. The van der Waals surface area contributed by atoms with Gasteiger partial charge in [0.1, 0.15) is 5.75 Å². The molecular weight excluding hydrogens is 364 g/mol. The number of rotatable bonds is 9. The quantitative estimate of drug-likeness (QED) is 0.689. The van der Waals surface area contributed by atoms with E-state index in [2.05, 4.69) is 10.0 Å². The van der Waals surface area contributed by atoms with Gasteiger partial charge in [-0.3, -0.25) is 4.79 Å². The molecule has 0 aromatic heterocycles. The highest BCUT2D eigenvalue weighted by Crippen LogP contribution is 2.19. The van der Waals surface area contributed by atoms with E-state index in [-0.39, 0.29) is 29.5 Å². The third-order valence-electron chi connectivity index (χ3n) is 4.16. The fourth-order valence-corrected chi connectivity index (χ4v) is 3.62. The molecule has 0 fully saturated rings. The minimum atomic E-state index is -3.66. The Bertz CT molecular complexity index is 836. The molecule has 0 aliphatic rings. The zero-order valence-corrected chi connectivity index (χ0v) is 16.6. The Balaban J connectivity index is 1.96. The van der Waals surface area contributed by atoms with E-state index >= 15 is 0 Å². The van der Waals surface area contributed by atoms with Crippen molar-refractivity contribution in [3.63, 3.8) is 0 Å². The van der Waals surface area contributed by atoms with Gasteiger partial charge in [-0.25, -0.2) is 13.1 Å². The number of hydrogen-bond donors (Lipinski definition) is 2. The summed E-state index contributed by atoms with van der Waals surface area (Å²) in [5, 5.41) is 2.80. The number of ether oxygens (including phenoxy) is 1. The van der Waals surface area contributed by atoms with Gasteiger partial charge in [0.25, 0.3) is 5.91 Å². The van der Waals surface area contributed by atoms with Gasteiger partial charge >= 0.3 is 0 Å². The van der Waals surface area contributed by atoms with Gasteiger partial charge in [0.15, 0.2) is 6.61 Å². The van der Waals surface area contributed by atoms with Crippen LogP contribution in [0, 0.1) is 0 Å². The summed E-state index contributed by atoms with van der Waals surface area (Å²) in [7, 11) is -3.66. The van der Waals surface area contributed by atoms with Gasteiger partial charge in [-0.1, -0.05) is 37.3 Å². The Morgan fingerprint density at radius 3 is 2.26 bits per heavy atom. The van der Waals surface area contributed by atoms with Crippen LogP contribution in [-0.4, -0.2) is 27.0 Å². The van der Waals surface area contributed by atoms with Crippen LogP contribution >= 0.6 is 0 Å². The molecular formula is C20H26N2O4S. The molecule has 0 aliphatic carbocycles. The molecule has 2 atom stereocenters. The summed E-state index contributed by atoms with van der Waals surface area (Å²) in [5.74, 6) is 0.226. The summed E-state index contributed by atoms with van der Waals surface area (Å²) in [5.41, 5.74) is 0.883. The molecule has 2 rings (SSSR count). The Labute approximate surface area is 161 Å². The van der Waals surface area contributed by atoms with Gasteiger partial charge in [0.2, 0.25) is 10.0 Å². The van der Waals surface area contributed by atoms with E-state index in [1.54, 1.807) is 6.92 Å². The highest BCUT2D eigenvalue weighted by atomic mass is 32.2. The van der Waals surface area contributed by atoms with Crippen molar-refractivity contribution in [1.82, 2.24) is 10.0 Å². The third kappa shape index (κ3) is 6.37. The maximum atomic E-state index is 12.5. The lowest BCUT2D eigenvalue weighted by molar-refractivity contribution is -0.123. The smallest absolute Gasteiger partial charge is 0.258 e. The first-order valence-electron chi connectivity index (χ1n) is 8.91. The number of nitrogens with one attached hydrogen (secondary N) is 2. The van der Waals surface area contributed by atoms with Crippen LogP contribution in [0.3, 0.4) is 0 Å². The lowest BCUT2D eigenvalue weighted by atomic mass is 10.1. The largest absolute Gasteiger partial charge is 0.484 e. The predicted octanol–water partition coefficient (Wildman–Crippen LogP) is 3.02. The summed E-state index contributed by atoms with van der Waals surface area (Å²) in [6, 6.07) is 15.1. The Kier molecular flexibility index (Phi) is 7.38. The van der Waals surface area contributed by atoms with Crippen molar-refractivity contribution in [2.24, 2.45) is 0 Å². The van der Waals surface area contributed by atoms with E-state index in [9.17, 15) is 13.2 Å². The number of sulfonamides is 1. The molecule has 0 aliphatic heterocycles. The van der Waals surface area contributed by atoms with Crippen LogP contribution in [0.25, 0.3) is 0 Å². The maximum absolute atomic E-state index is 12.5. The molecule has 0 unspecified atom stereocenters. The van der Waals surface area contributed by atoms with Gasteiger partial charge in [-0.15, -0.1) is 0 Å². The van der Waals surface area contributed by atoms with Gasteiger partial charge < -0.3 is 10.1 Å². The minimum Gasteiger partial charge on any atom is -0.484 e. The summed E-state index contributed by atoms with van der Waals surface area (Å²) >= 11 is 0. The van der Waals surface area contributed by atoms with Crippen molar-refractivity contribution in [3.8, 4) is 5.75 Å². The number of benzene rings is 2. The molecule has 0 radical (unpaired) electrons. The molecule has 2 aromatic rings. The van der Waals surface area contributed by atoms with Gasteiger partial charge in [-0.2, -0.15) is 0 Å². The van der Waals surface area contributed by atoms with Crippen LogP contribution < -0.4 is 14.8 Å². The molecule has 146 valence electrons. The molecule has 0 saturated carbocycles. The molecule has 0 heterocycles. The van der Waals surface area contributed by atoms with Crippen LogP contribution in [0.5, 0.6) is 5.75 Å². The number of carbonyl (C=O) groups excluding carboxylic acids is 1. The number of amides is 1. The molecule has 0 bridgehead atoms. The molecule has 27 heavy (non-hydrogen) atoms. The number of hydrogen-bond acceptors (Lipinski definition) is 4. The van der Waals surface area contributed by atoms with Gasteiger partial charge in [-0.05, 0) is 50.1 Å². The van der Waals surface area contributed by atoms with E-state index in [0.717, 1.165) is 12.0 Å². The average Bonchev–Trinajstić information content (AvgIpc) is 2.67. The average molecular weight is 391 g/mol. The van der Waals surface area contributed by atoms with Crippen molar-refractivity contribution in [2.45, 2.75) is 44.2 Å². The van der Waals surface area contributed by atoms with E-state index in [0.29, 0.717) is 5.75 Å². The van der Waals surface area contributed by atoms with Crippen molar-refractivity contribution in [3.05, 3.63) is 60.2 Å². The molecule has 6 nitrogen and oxygen atoms in total. The highest BCUT2D eigenvalue weighted by molar-refractivity contribution is 7.89. The molecule has 0 saturated heterocycles. The molecule has 2 N–H and O–H groups in total. The molecule has 1 amide bonds. The van der Waals surface area contributed by atoms with Crippen LogP contribution in [0.15, 0.2) is 59.5 Å². The van der Waals surface area contributed by atoms with Crippen LogP contribution in [-0.2, 0) is 14.8 Å². The summed E-state index contributed by atoms with van der Waals surface area (Å²) in [6.45, 7) is 5.58. The maximum Gasteiger partial charge on any atom is 0.258 e. The second-order valence-corrected chi connectivity index (χ2v) is 8.10. The third-order valence-corrected chi connectivity index (χ3v) is 5.71.